The standard InChI is InChI=1S/C25H28ClFN8O2/c1-15-24(31-32-35(15)19-9-18(10-19)33-6-4-28-5-7-33)16-8-22(25-20(26)12-30-34(25)13-16)37-23(14-36)21-3-2-17(27)11-29-21/h2-3,8,11-13,18-19,23,28,36H,4-7,9-10,14H2,1H3. The van der Waals surface area contributed by atoms with Gasteiger partial charge in [0.2, 0.25) is 0 Å². The molecule has 1 saturated carbocycles. The van der Waals surface area contributed by atoms with Crippen molar-refractivity contribution in [1.82, 2.24) is 39.8 Å². The van der Waals surface area contributed by atoms with Crippen LogP contribution in [0.25, 0.3) is 16.8 Å². The molecule has 1 aliphatic heterocycles. The molecule has 12 heteroatoms. The summed E-state index contributed by atoms with van der Waals surface area (Å²) in [5.74, 6) is -0.0607. The number of halogens is 2. The van der Waals surface area contributed by atoms with E-state index < -0.39 is 11.9 Å². The van der Waals surface area contributed by atoms with Gasteiger partial charge in [-0.25, -0.2) is 13.6 Å². The quantitative estimate of drug-likeness (QED) is 0.379. The maximum atomic E-state index is 13.4. The number of ether oxygens (including phenoxy) is 1. The van der Waals surface area contributed by atoms with Crippen LogP contribution in [0.15, 0.2) is 36.8 Å². The molecule has 194 valence electrons. The minimum absolute atomic E-state index is 0.322. The number of hydrogen-bond acceptors (Lipinski definition) is 8. The molecule has 0 amide bonds. The molecule has 2 fully saturated rings. The second-order valence-corrected chi connectivity index (χ2v) is 10.0. The van der Waals surface area contributed by atoms with E-state index in [2.05, 4.69) is 30.6 Å². The van der Waals surface area contributed by atoms with Gasteiger partial charge in [0.05, 0.1) is 41.5 Å². The van der Waals surface area contributed by atoms with Crippen LogP contribution in [-0.2, 0) is 0 Å². The van der Waals surface area contributed by atoms with Crippen molar-refractivity contribution >= 4 is 17.1 Å². The van der Waals surface area contributed by atoms with Crippen LogP contribution in [-0.4, -0.2) is 78.4 Å². The number of piperazine rings is 1. The van der Waals surface area contributed by atoms with E-state index in [1.165, 1.54) is 18.3 Å². The van der Waals surface area contributed by atoms with Crippen LogP contribution < -0.4 is 10.1 Å². The van der Waals surface area contributed by atoms with Gasteiger partial charge in [-0.05, 0) is 38.0 Å². The minimum atomic E-state index is -0.820. The van der Waals surface area contributed by atoms with Gasteiger partial charge in [0.15, 0.2) is 6.10 Å². The lowest BCUT2D eigenvalue weighted by molar-refractivity contribution is 0.0658. The van der Waals surface area contributed by atoms with Crippen molar-refractivity contribution in [3.8, 4) is 17.0 Å². The fourth-order valence-electron chi connectivity index (χ4n) is 5.25. The summed E-state index contributed by atoms with van der Waals surface area (Å²) in [5, 5.41) is 27.2. The predicted octanol–water partition coefficient (Wildman–Crippen LogP) is 2.81. The van der Waals surface area contributed by atoms with Crippen molar-refractivity contribution in [2.45, 2.75) is 38.0 Å². The molecule has 2 N–H and O–H groups in total. The zero-order valence-corrected chi connectivity index (χ0v) is 21.1. The SMILES string of the molecule is Cc1c(-c2cc(OC(CO)c3ccc(F)cn3)c3c(Cl)cnn3c2)nnn1C1CC(N2CCNCC2)C1. The first-order chi connectivity index (χ1) is 18.0. The molecule has 0 aromatic carbocycles. The van der Waals surface area contributed by atoms with Crippen molar-refractivity contribution < 1.29 is 14.2 Å². The summed E-state index contributed by atoms with van der Waals surface area (Å²) in [5.41, 5.74) is 3.39. The number of nitrogens with one attached hydrogen (secondary N) is 1. The minimum Gasteiger partial charge on any atom is -0.479 e. The van der Waals surface area contributed by atoms with Crippen LogP contribution in [0.1, 0.15) is 36.4 Å². The highest BCUT2D eigenvalue weighted by Crippen LogP contribution is 2.39. The van der Waals surface area contributed by atoms with E-state index in [-0.39, 0.29) is 6.61 Å². The molecule has 1 atom stereocenters. The number of aromatic nitrogens is 6. The van der Waals surface area contributed by atoms with E-state index in [4.69, 9.17) is 16.3 Å². The Morgan fingerprint density at radius 2 is 2.03 bits per heavy atom. The molecule has 6 rings (SSSR count). The van der Waals surface area contributed by atoms with E-state index in [1.54, 1.807) is 4.52 Å². The Hall–Kier alpha value is -3.12. The van der Waals surface area contributed by atoms with Gasteiger partial charge >= 0.3 is 0 Å². The fourth-order valence-corrected chi connectivity index (χ4v) is 5.47. The van der Waals surface area contributed by atoms with Gasteiger partial charge in [0, 0.05) is 44.0 Å². The van der Waals surface area contributed by atoms with Crippen molar-refractivity contribution in [2.75, 3.05) is 32.8 Å². The maximum Gasteiger partial charge on any atom is 0.163 e. The molecule has 10 nitrogen and oxygen atoms in total. The largest absolute Gasteiger partial charge is 0.479 e. The summed E-state index contributed by atoms with van der Waals surface area (Å²) >= 11 is 6.42. The molecule has 0 bridgehead atoms. The highest BCUT2D eigenvalue weighted by molar-refractivity contribution is 6.34. The summed E-state index contributed by atoms with van der Waals surface area (Å²) in [6, 6.07) is 5.50. The van der Waals surface area contributed by atoms with Gasteiger partial charge in [-0.2, -0.15) is 5.10 Å². The van der Waals surface area contributed by atoms with Crippen molar-refractivity contribution in [2.24, 2.45) is 0 Å². The van der Waals surface area contributed by atoms with Gasteiger partial charge in [0.25, 0.3) is 0 Å². The summed E-state index contributed by atoms with van der Waals surface area (Å²) < 4.78 is 23.2. The van der Waals surface area contributed by atoms with E-state index in [0.717, 1.165) is 62.2 Å². The number of pyridine rings is 2. The van der Waals surface area contributed by atoms with E-state index in [9.17, 15) is 9.50 Å². The van der Waals surface area contributed by atoms with E-state index in [0.29, 0.717) is 34.1 Å². The van der Waals surface area contributed by atoms with Gasteiger partial charge in [-0.1, -0.05) is 16.8 Å². The second kappa shape index (κ2) is 9.97. The van der Waals surface area contributed by atoms with E-state index >= 15 is 0 Å². The molecule has 37 heavy (non-hydrogen) atoms. The predicted molar refractivity (Wildman–Crippen MR) is 135 cm³/mol. The number of hydrogen-bond donors (Lipinski definition) is 2. The smallest absolute Gasteiger partial charge is 0.163 e. The zero-order chi connectivity index (χ0) is 25.5. The van der Waals surface area contributed by atoms with Crippen LogP contribution in [0.3, 0.4) is 0 Å². The molecule has 4 aromatic heterocycles. The molecule has 1 aliphatic carbocycles. The van der Waals surface area contributed by atoms with Crippen molar-refractivity contribution in [3.05, 3.63) is 59.0 Å². The molecule has 4 aromatic rings. The molecule has 0 radical (unpaired) electrons. The Morgan fingerprint density at radius 3 is 2.76 bits per heavy atom. The lowest BCUT2D eigenvalue weighted by Gasteiger charge is -2.44. The summed E-state index contributed by atoms with van der Waals surface area (Å²) in [6.45, 7) is 5.95. The number of rotatable bonds is 7. The molecule has 1 unspecified atom stereocenters. The van der Waals surface area contributed by atoms with Crippen LogP contribution in [0, 0.1) is 12.7 Å². The monoisotopic (exact) mass is 526 g/mol. The lowest BCUT2D eigenvalue weighted by atomic mass is 9.85. The van der Waals surface area contributed by atoms with Crippen LogP contribution in [0.4, 0.5) is 4.39 Å². The average Bonchev–Trinajstić information content (AvgIpc) is 3.45. The molecular weight excluding hydrogens is 499 g/mol. The van der Waals surface area contributed by atoms with Crippen molar-refractivity contribution in [3.63, 3.8) is 0 Å². The number of aliphatic hydroxyl groups excluding tert-OH is 1. The molecule has 5 heterocycles. The number of aliphatic hydroxyl groups is 1. The highest BCUT2D eigenvalue weighted by Gasteiger charge is 2.37. The fraction of sp³-hybridized carbons (Fsp3) is 0.440. The Balaban J connectivity index is 1.28. The zero-order valence-electron chi connectivity index (χ0n) is 20.4. The van der Waals surface area contributed by atoms with Crippen LogP contribution in [0.2, 0.25) is 5.02 Å². The third kappa shape index (κ3) is 4.56. The van der Waals surface area contributed by atoms with Gasteiger partial charge in [0.1, 0.15) is 22.8 Å². The number of nitrogens with zero attached hydrogens (tertiary/aromatic N) is 7. The van der Waals surface area contributed by atoms with Gasteiger partial charge < -0.3 is 15.2 Å². The highest BCUT2D eigenvalue weighted by atomic mass is 35.5. The summed E-state index contributed by atoms with van der Waals surface area (Å²) in [4.78, 5) is 6.62. The first kappa shape index (κ1) is 24.2. The van der Waals surface area contributed by atoms with Gasteiger partial charge in [-0.3, -0.25) is 9.88 Å². The van der Waals surface area contributed by atoms with Crippen molar-refractivity contribution in [1.29, 1.82) is 0 Å². The lowest BCUT2D eigenvalue weighted by Crippen LogP contribution is -2.53. The average molecular weight is 527 g/mol. The Bertz CT molecular complexity index is 1400. The van der Waals surface area contributed by atoms with Crippen LogP contribution in [0.5, 0.6) is 5.75 Å². The molecule has 1 saturated heterocycles. The summed E-state index contributed by atoms with van der Waals surface area (Å²) in [7, 11) is 0. The van der Waals surface area contributed by atoms with Gasteiger partial charge in [-0.15, -0.1) is 5.10 Å². The normalized spacial score (nSPS) is 21.2. The molecule has 2 aliphatic rings. The van der Waals surface area contributed by atoms with Crippen LogP contribution >= 0.6 is 11.6 Å². The first-order valence-electron chi connectivity index (χ1n) is 12.4. The Morgan fingerprint density at radius 1 is 1.22 bits per heavy atom. The second-order valence-electron chi connectivity index (χ2n) is 9.60. The van der Waals surface area contributed by atoms with E-state index in [1.807, 2.05) is 23.9 Å². The topological polar surface area (TPSA) is 106 Å². The molecule has 0 spiro atoms. The third-order valence-electron chi connectivity index (χ3n) is 7.35. The first-order valence-corrected chi connectivity index (χ1v) is 12.8. The Kier molecular flexibility index (Phi) is 6.53. The maximum absolute atomic E-state index is 13.4. The third-order valence-corrected chi connectivity index (χ3v) is 7.63. The number of fused-ring (bicyclic) bond motifs is 1. The Labute approximate surface area is 218 Å². The summed E-state index contributed by atoms with van der Waals surface area (Å²) in [6.07, 6.45) is 5.77. The molecular formula is C25H28ClFN8O2.